The maximum atomic E-state index is 11.2. The Bertz CT molecular complexity index is 283. The Hall–Kier alpha value is -1.13. The molecule has 90 valence electrons. The second-order valence-electron chi connectivity index (χ2n) is 3.98. The molecular formula is C12H18O4. The van der Waals surface area contributed by atoms with E-state index in [2.05, 4.69) is 0 Å². The van der Waals surface area contributed by atoms with Gasteiger partial charge in [-0.1, -0.05) is 12.2 Å². The highest BCUT2D eigenvalue weighted by atomic mass is 16.5. The maximum absolute atomic E-state index is 11.2. The van der Waals surface area contributed by atoms with Crippen LogP contribution in [0.1, 0.15) is 26.2 Å². The molecule has 0 spiro atoms. The summed E-state index contributed by atoms with van der Waals surface area (Å²) < 4.78 is 5.06. The molecule has 0 aromatic carbocycles. The summed E-state index contributed by atoms with van der Waals surface area (Å²) in [4.78, 5) is 11.2. The summed E-state index contributed by atoms with van der Waals surface area (Å²) in [5, 5.41) is 18.9. The van der Waals surface area contributed by atoms with E-state index in [1.807, 2.05) is 6.92 Å². The molecule has 1 aliphatic heterocycles. The van der Waals surface area contributed by atoms with E-state index < -0.39 is 18.2 Å². The summed E-state index contributed by atoms with van der Waals surface area (Å²) >= 11 is 0. The van der Waals surface area contributed by atoms with Crippen LogP contribution in [0.2, 0.25) is 0 Å². The molecule has 0 aliphatic carbocycles. The highest BCUT2D eigenvalue weighted by Crippen LogP contribution is 2.09. The summed E-state index contributed by atoms with van der Waals surface area (Å²) in [7, 11) is 0. The molecule has 0 radical (unpaired) electrons. The zero-order valence-electron chi connectivity index (χ0n) is 9.37. The monoisotopic (exact) mass is 226 g/mol. The molecule has 1 heterocycles. The van der Waals surface area contributed by atoms with Gasteiger partial charge in [-0.3, -0.25) is 0 Å². The molecule has 1 aliphatic rings. The fourth-order valence-corrected chi connectivity index (χ4v) is 1.49. The number of carbonyl (C=O) groups excluding carboxylic acids is 1. The van der Waals surface area contributed by atoms with Crippen LogP contribution in [0.25, 0.3) is 0 Å². The average molecular weight is 226 g/mol. The molecule has 16 heavy (non-hydrogen) atoms. The van der Waals surface area contributed by atoms with Gasteiger partial charge in [-0.2, -0.15) is 0 Å². The zero-order chi connectivity index (χ0) is 12.0. The Morgan fingerprint density at radius 3 is 2.75 bits per heavy atom. The fourth-order valence-electron chi connectivity index (χ4n) is 1.49. The Labute approximate surface area is 95.2 Å². The lowest BCUT2D eigenvalue weighted by molar-refractivity contribution is -0.142. The summed E-state index contributed by atoms with van der Waals surface area (Å²) in [6.07, 6.45) is 6.08. The summed E-state index contributed by atoms with van der Waals surface area (Å²) in [5.74, 6) is -0.443. The summed E-state index contributed by atoms with van der Waals surface area (Å²) in [5.41, 5.74) is 0. The molecule has 0 aromatic rings. The largest absolute Gasteiger partial charge is 0.460 e. The zero-order valence-corrected chi connectivity index (χ0v) is 9.37. The second-order valence-corrected chi connectivity index (χ2v) is 3.98. The van der Waals surface area contributed by atoms with Crippen molar-refractivity contribution in [2.24, 2.45) is 0 Å². The molecule has 4 heteroatoms. The predicted octanol–water partition coefficient (Wildman–Crippen LogP) is 0.936. The van der Waals surface area contributed by atoms with Gasteiger partial charge in [-0.15, -0.1) is 0 Å². The molecule has 0 amide bonds. The number of aliphatic hydroxyl groups is 2. The highest BCUT2D eigenvalue weighted by molar-refractivity contribution is 5.82. The lowest BCUT2D eigenvalue weighted by Crippen LogP contribution is -2.15. The van der Waals surface area contributed by atoms with Crippen molar-refractivity contribution in [1.82, 2.24) is 0 Å². The van der Waals surface area contributed by atoms with Gasteiger partial charge in [0, 0.05) is 6.08 Å². The van der Waals surface area contributed by atoms with Crippen molar-refractivity contribution in [1.29, 1.82) is 0 Å². The van der Waals surface area contributed by atoms with Gasteiger partial charge in [0.2, 0.25) is 0 Å². The minimum atomic E-state index is -0.864. The number of esters is 1. The molecule has 4 nitrogen and oxygen atoms in total. The normalized spacial score (nSPS) is 32.7. The van der Waals surface area contributed by atoms with Gasteiger partial charge < -0.3 is 14.9 Å². The van der Waals surface area contributed by atoms with Gasteiger partial charge in [0.05, 0.1) is 18.3 Å². The standard InChI is InChI=1S/C12H18O4/c1-9-3-2-4-10(13)5-6-11(14)7-8-12(15)16-9/h5-11,13-14H,2-4H2,1H3/t9-,10+,11-/m0/s1. The van der Waals surface area contributed by atoms with Crippen LogP contribution in [-0.2, 0) is 9.53 Å². The van der Waals surface area contributed by atoms with Crippen molar-refractivity contribution in [3.8, 4) is 0 Å². The van der Waals surface area contributed by atoms with Crippen LogP contribution in [0.5, 0.6) is 0 Å². The Kier molecular flexibility index (Phi) is 5.22. The predicted molar refractivity (Wildman–Crippen MR) is 59.7 cm³/mol. The number of carbonyl (C=O) groups is 1. The number of hydrogen-bond acceptors (Lipinski definition) is 4. The molecule has 2 N–H and O–H groups in total. The number of rotatable bonds is 0. The molecule has 0 fully saturated rings. The molecular weight excluding hydrogens is 208 g/mol. The van der Waals surface area contributed by atoms with Crippen molar-refractivity contribution in [3.63, 3.8) is 0 Å². The van der Waals surface area contributed by atoms with Gasteiger partial charge in [-0.25, -0.2) is 4.79 Å². The van der Waals surface area contributed by atoms with Gasteiger partial charge in [-0.05, 0) is 32.3 Å². The van der Waals surface area contributed by atoms with Crippen LogP contribution in [0.4, 0.5) is 0 Å². The van der Waals surface area contributed by atoms with Crippen LogP contribution in [-0.4, -0.2) is 34.5 Å². The van der Waals surface area contributed by atoms with Crippen LogP contribution >= 0.6 is 0 Å². The second kappa shape index (κ2) is 6.45. The minimum Gasteiger partial charge on any atom is -0.460 e. The van der Waals surface area contributed by atoms with Crippen molar-refractivity contribution in [2.75, 3.05) is 0 Å². The SMILES string of the molecule is C[C@H]1CCC[C@@H](O)C=C[C@H](O)C=CC(=O)O1. The lowest BCUT2D eigenvalue weighted by Gasteiger charge is -2.13. The lowest BCUT2D eigenvalue weighted by atomic mass is 10.1. The topological polar surface area (TPSA) is 66.8 Å². The Morgan fingerprint density at radius 1 is 1.25 bits per heavy atom. The first kappa shape index (κ1) is 12.9. The van der Waals surface area contributed by atoms with Gasteiger partial charge in [0.25, 0.3) is 0 Å². The first-order valence-corrected chi connectivity index (χ1v) is 5.51. The summed E-state index contributed by atoms with van der Waals surface area (Å²) in [6.45, 7) is 1.82. The van der Waals surface area contributed by atoms with E-state index in [0.29, 0.717) is 6.42 Å². The van der Waals surface area contributed by atoms with E-state index in [9.17, 15) is 15.0 Å². The number of aliphatic hydroxyl groups excluding tert-OH is 2. The van der Waals surface area contributed by atoms with E-state index in [4.69, 9.17) is 4.74 Å². The molecule has 0 saturated heterocycles. The number of hydrogen-bond donors (Lipinski definition) is 2. The Balaban J connectivity index is 2.65. The van der Waals surface area contributed by atoms with E-state index in [-0.39, 0.29) is 6.10 Å². The van der Waals surface area contributed by atoms with Crippen LogP contribution in [0, 0.1) is 0 Å². The number of ether oxygens (including phenoxy) is 1. The molecule has 1 rings (SSSR count). The summed E-state index contributed by atoms with van der Waals surface area (Å²) in [6, 6.07) is 0. The van der Waals surface area contributed by atoms with E-state index in [0.717, 1.165) is 12.8 Å². The van der Waals surface area contributed by atoms with Gasteiger partial charge >= 0.3 is 5.97 Å². The smallest absolute Gasteiger partial charge is 0.330 e. The molecule has 0 bridgehead atoms. The molecule has 0 unspecified atom stereocenters. The number of cyclic esters (lactones) is 1. The average Bonchev–Trinajstić information content (AvgIpc) is 2.22. The maximum Gasteiger partial charge on any atom is 0.330 e. The third-order valence-corrected chi connectivity index (χ3v) is 2.39. The van der Waals surface area contributed by atoms with Crippen LogP contribution < -0.4 is 0 Å². The first-order chi connectivity index (χ1) is 7.58. The Morgan fingerprint density at radius 2 is 2.00 bits per heavy atom. The third-order valence-electron chi connectivity index (χ3n) is 2.39. The van der Waals surface area contributed by atoms with E-state index in [1.165, 1.54) is 18.2 Å². The first-order valence-electron chi connectivity index (χ1n) is 5.51. The molecule has 3 atom stereocenters. The van der Waals surface area contributed by atoms with Gasteiger partial charge in [0.15, 0.2) is 0 Å². The van der Waals surface area contributed by atoms with Crippen LogP contribution in [0.3, 0.4) is 0 Å². The molecule has 0 aromatic heterocycles. The fraction of sp³-hybridized carbons (Fsp3) is 0.583. The minimum absolute atomic E-state index is 0.162. The van der Waals surface area contributed by atoms with Crippen molar-refractivity contribution < 1.29 is 19.7 Å². The van der Waals surface area contributed by atoms with Crippen LogP contribution in [0.15, 0.2) is 24.3 Å². The molecule has 0 saturated carbocycles. The van der Waals surface area contributed by atoms with Crippen molar-refractivity contribution in [3.05, 3.63) is 24.3 Å². The quantitative estimate of drug-likeness (QED) is 0.476. The third kappa shape index (κ3) is 5.09. The van der Waals surface area contributed by atoms with Crippen molar-refractivity contribution >= 4 is 5.97 Å². The van der Waals surface area contributed by atoms with E-state index in [1.54, 1.807) is 6.08 Å². The van der Waals surface area contributed by atoms with Crippen molar-refractivity contribution in [2.45, 2.75) is 44.5 Å². The van der Waals surface area contributed by atoms with Gasteiger partial charge in [0.1, 0.15) is 0 Å². The van der Waals surface area contributed by atoms with E-state index >= 15 is 0 Å². The highest BCUT2D eigenvalue weighted by Gasteiger charge is 2.09.